The Balaban J connectivity index is 3.15. The summed E-state index contributed by atoms with van der Waals surface area (Å²) in [6, 6.07) is 3.29. The number of hydrogen-bond acceptors (Lipinski definition) is 2. The van der Waals surface area contributed by atoms with Crippen molar-refractivity contribution in [2.45, 2.75) is 25.7 Å². The molecule has 2 N–H and O–H groups in total. The minimum atomic E-state index is -0.841. The number of phenols is 1. The number of halogens is 2. The topological polar surface area (TPSA) is 57.5 Å². The molecule has 16 heavy (non-hydrogen) atoms. The number of carboxylic acid groups (broad SMARTS) is 1. The zero-order chi connectivity index (χ0) is 12.3. The van der Waals surface area contributed by atoms with Gasteiger partial charge in [0.05, 0.1) is 14.9 Å². The summed E-state index contributed by atoms with van der Waals surface area (Å²) in [5, 5.41) is 18.7. The number of carbonyl (C=O) groups is 1. The van der Waals surface area contributed by atoms with Crippen molar-refractivity contribution in [1.82, 2.24) is 0 Å². The Kier molecular flexibility index (Phi) is 4.80. The van der Waals surface area contributed by atoms with E-state index >= 15 is 0 Å². The molecule has 0 saturated heterocycles. The molecular weight excluding hydrogens is 340 g/mol. The number of benzene rings is 1. The SMILES string of the molecule is CCCC(C(=O)O)c1cc(Br)c(O)c(Br)c1. The molecule has 1 aromatic rings. The molecule has 0 aliphatic carbocycles. The predicted molar refractivity (Wildman–Crippen MR) is 68.8 cm³/mol. The first-order chi connectivity index (χ1) is 7.47. The van der Waals surface area contributed by atoms with Gasteiger partial charge < -0.3 is 10.2 Å². The standard InChI is InChI=1S/C11H12Br2O3/c1-2-3-7(11(15)16)6-4-8(12)10(14)9(13)5-6/h4-5,7,14H,2-3H2,1H3,(H,15,16). The van der Waals surface area contributed by atoms with Gasteiger partial charge in [0.1, 0.15) is 5.75 Å². The van der Waals surface area contributed by atoms with Crippen molar-refractivity contribution in [3.8, 4) is 5.75 Å². The van der Waals surface area contributed by atoms with E-state index in [9.17, 15) is 9.90 Å². The number of carboxylic acids is 1. The molecule has 0 spiro atoms. The van der Waals surface area contributed by atoms with E-state index in [1.165, 1.54) is 0 Å². The van der Waals surface area contributed by atoms with Crippen molar-refractivity contribution < 1.29 is 15.0 Å². The first kappa shape index (κ1) is 13.5. The average molecular weight is 352 g/mol. The van der Waals surface area contributed by atoms with Gasteiger partial charge in [-0.1, -0.05) is 13.3 Å². The molecule has 1 rings (SSSR count). The van der Waals surface area contributed by atoms with Crippen LogP contribution in [0.4, 0.5) is 0 Å². The van der Waals surface area contributed by atoms with Gasteiger partial charge in [-0.15, -0.1) is 0 Å². The van der Waals surface area contributed by atoms with Crippen LogP contribution in [-0.2, 0) is 4.79 Å². The van der Waals surface area contributed by atoms with Crippen molar-refractivity contribution in [2.24, 2.45) is 0 Å². The van der Waals surface area contributed by atoms with Gasteiger partial charge in [0.25, 0.3) is 0 Å². The second-order valence-corrected chi connectivity index (χ2v) is 5.22. The Hall–Kier alpha value is -0.550. The van der Waals surface area contributed by atoms with E-state index < -0.39 is 11.9 Å². The average Bonchev–Trinajstić information content (AvgIpc) is 2.21. The number of rotatable bonds is 4. The van der Waals surface area contributed by atoms with Crippen LogP contribution in [0.2, 0.25) is 0 Å². The van der Waals surface area contributed by atoms with E-state index in [4.69, 9.17) is 5.11 Å². The van der Waals surface area contributed by atoms with Gasteiger partial charge in [0, 0.05) is 0 Å². The predicted octanol–water partition coefficient (Wildman–Crippen LogP) is 3.89. The first-order valence-corrected chi connectivity index (χ1v) is 6.46. The van der Waals surface area contributed by atoms with Crippen LogP contribution in [-0.4, -0.2) is 16.2 Å². The monoisotopic (exact) mass is 350 g/mol. The van der Waals surface area contributed by atoms with Gasteiger partial charge >= 0.3 is 5.97 Å². The largest absolute Gasteiger partial charge is 0.506 e. The third kappa shape index (κ3) is 2.98. The lowest BCUT2D eigenvalue weighted by molar-refractivity contribution is -0.139. The summed E-state index contributed by atoms with van der Waals surface area (Å²) in [6.45, 7) is 1.94. The summed E-state index contributed by atoms with van der Waals surface area (Å²) in [6.07, 6.45) is 1.38. The second kappa shape index (κ2) is 5.68. The van der Waals surface area contributed by atoms with Gasteiger partial charge in [0.2, 0.25) is 0 Å². The minimum absolute atomic E-state index is 0.0874. The molecule has 0 aliphatic rings. The third-order valence-electron chi connectivity index (χ3n) is 2.32. The summed E-state index contributed by atoms with van der Waals surface area (Å²) in [5.74, 6) is -1.28. The number of aromatic hydroxyl groups is 1. The van der Waals surface area contributed by atoms with Crippen LogP contribution in [0.3, 0.4) is 0 Å². The van der Waals surface area contributed by atoms with Crippen molar-refractivity contribution >= 4 is 37.8 Å². The molecule has 1 unspecified atom stereocenters. The highest BCUT2D eigenvalue weighted by Crippen LogP contribution is 2.36. The highest BCUT2D eigenvalue weighted by Gasteiger charge is 2.20. The van der Waals surface area contributed by atoms with E-state index in [0.717, 1.165) is 6.42 Å². The molecule has 0 fully saturated rings. The molecular formula is C11H12Br2O3. The van der Waals surface area contributed by atoms with E-state index in [0.29, 0.717) is 20.9 Å². The van der Waals surface area contributed by atoms with E-state index in [1.54, 1.807) is 12.1 Å². The van der Waals surface area contributed by atoms with Gasteiger partial charge in [-0.2, -0.15) is 0 Å². The Morgan fingerprint density at radius 2 is 1.88 bits per heavy atom. The van der Waals surface area contributed by atoms with Crippen LogP contribution < -0.4 is 0 Å². The van der Waals surface area contributed by atoms with Gasteiger partial charge in [-0.3, -0.25) is 4.79 Å². The summed E-state index contributed by atoms with van der Waals surface area (Å²) in [7, 11) is 0. The zero-order valence-electron chi connectivity index (χ0n) is 8.70. The lowest BCUT2D eigenvalue weighted by Gasteiger charge is -2.13. The van der Waals surface area contributed by atoms with Crippen molar-refractivity contribution in [1.29, 1.82) is 0 Å². The summed E-state index contributed by atoms with van der Waals surface area (Å²) in [4.78, 5) is 11.1. The summed E-state index contributed by atoms with van der Waals surface area (Å²) < 4.78 is 0.999. The number of phenolic OH excluding ortho intramolecular Hbond substituents is 1. The Bertz CT molecular complexity index is 381. The third-order valence-corrected chi connectivity index (χ3v) is 3.53. The van der Waals surface area contributed by atoms with E-state index in [2.05, 4.69) is 31.9 Å². The van der Waals surface area contributed by atoms with Crippen LogP contribution in [0.5, 0.6) is 5.75 Å². The van der Waals surface area contributed by atoms with Crippen LogP contribution >= 0.6 is 31.9 Å². The molecule has 1 atom stereocenters. The Labute approximate surface area is 111 Å². The van der Waals surface area contributed by atoms with Gasteiger partial charge in [-0.05, 0) is 56.0 Å². The maximum Gasteiger partial charge on any atom is 0.310 e. The van der Waals surface area contributed by atoms with Crippen LogP contribution in [0.25, 0.3) is 0 Å². The van der Waals surface area contributed by atoms with Crippen LogP contribution in [0.15, 0.2) is 21.1 Å². The minimum Gasteiger partial charge on any atom is -0.506 e. The maximum atomic E-state index is 11.1. The molecule has 0 aromatic heterocycles. The van der Waals surface area contributed by atoms with Crippen molar-refractivity contribution in [3.05, 3.63) is 26.6 Å². The highest BCUT2D eigenvalue weighted by atomic mass is 79.9. The molecule has 1 aromatic carbocycles. The number of hydrogen-bond donors (Lipinski definition) is 2. The fourth-order valence-electron chi connectivity index (χ4n) is 1.51. The molecule has 0 saturated carbocycles. The van der Waals surface area contributed by atoms with Crippen molar-refractivity contribution in [2.75, 3.05) is 0 Å². The Morgan fingerprint density at radius 3 is 2.25 bits per heavy atom. The van der Waals surface area contributed by atoms with E-state index in [1.807, 2.05) is 6.92 Å². The fraction of sp³-hybridized carbons (Fsp3) is 0.364. The lowest BCUT2D eigenvalue weighted by atomic mass is 9.95. The first-order valence-electron chi connectivity index (χ1n) is 4.88. The molecule has 88 valence electrons. The van der Waals surface area contributed by atoms with Gasteiger partial charge in [-0.25, -0.2) is 0 Å². The van der Waals surface area contributed by atoms with Crippen molar-refractivity contribution in [3.63, 3.8) is 0 Å². The normalized spacial score (nSPS) is 12.4. The summed E-state index contributed by atoms with van der Waals surface area (Å²) >= 11 is 6.38. The lowest BCUT2D eigenvalue weighted by Crippen LogP contribution is -2.11. The molecule has 0 radical (unpaired) electrons. The quantitative estimate of drug-likeness (QED) is 0.865. The van der Waals surface area contributed by atoms with E-state index in [-0.39, 0.29) is 5.75 Å². The van der Waals surface area contributed by atoms with Crippen LogP contribution in [0, 0.1) is 0 Å². The fourth-order valence-corrected chi connectivity index (χ4v) is 2.73. The summed E-state index contributed by atoms with van der Waals surface area (Å²) in [5.41, 5.74) is 0.686. The number of aliphatic carboxylic acids is 1. The molecule has 0 amide bonds. The van der Waals surface area contributed by atoms with Crippen LogP contribution in [0.1, 0.15) is 31.2 Å². The molecule has 5 heteroatoms. The molecule has 0 heterocycles. The second-order valence-electron chi connectivity index (χ2n) is 3.51. The molecule has 3 nitrogen and oxygen atoms in total. The smallest absolute Gasteiger partial charge is 0.310 e. The zero-order valence-corrected chi connectivity index (χ0v) is 11.9. The molecule has 0 bridgehead atoms. The maximum absolute atomic E-state index is 11.1. The molecule has 0 aliphatic heterocycles. The highest BCUT2D eigenvalue weighted by molar-refractivity contribution is 9.11. The van der Waals surface area contributed by atoms with Gasteiger partial charge in [0.15, 0.2) is 0 Å². The Morgan fingerprint density at radius 1 is 1.38 bits per heavy atom.